The van der Waals surface area contributed by atoms with Crippen molar-refractivity contribution < 1.29 is 9.15 Å². The summed E-state index contributed by atoms with van der Waals surface area (Å²) < 4.78 is 11.0. The number of hydrogen-bond donors (Lipinski definition) is 0. The van der Waals surface area contributed by atoms with Crippen molar-refractivity contribution >= 4 is 31.8 Å². The Balaban J connectivity index is 1.89. The lowest BCUT2D eigenvalue weighted by Crippen LogP contribution is -2.00. The van der Waals surface area contributed by atoms with Crippen LogP contribution in [0.1, 0.15) is 5.89 Å². The van der Waals surface area contributed by atoms with Crippen LogP contribution in [0.5, 0.6) is 5.75 Å². The molecule has 5 rings (SSSR count). The number of ether oxygens (including phenoxy) is 1. The second-order valence-corrected chi connectivity index (χ2v) is 7.63. The molecule has 3 heterocycles. The summed E-state index contributed by atoms with van der Waals surface area (Å²) in [6.45, 7) is 1.68. The summed E-state index contributed by atoms with van der Waals surface area (Å²) in [5.74, 6) is 1.13. The Hall–Kier alpha value is -3.51. The molecule has 0 N–H and O–H groups in total. The van der Waals surface area contributed by atoms with E-state index in [1.54, 1.807) is 14.0 Å². The first-order valence-corrected chi connectivity index (χ1v) is 9.90. The van der Waals surface area contributed by atoms with Gasteiger partial charge >= 0.3 is 5.63 Å². The van der Waals surface area contributed by atoms with Gasteiger partial charge in [0.1, 0.15) is 20.8 Å². The highest BCUT2D eigenvalue weighted by Crippen LogP contribution is 2.39. The Labute approximate surface area is 170 Å². The standard InChI is InChI=1S/C23H16N2O3S/c1-13-24-20-19-17(14-8-10-16(27-2)11-9-14)12-18(15-6-4-3-5-7-15)25-22(19)29-21(20)23(26)28-13/h3-12H,1-2H3. The molecule has 0 aliphatic rings. The summed E-state index contributed by atoms with van der Waals surface area (Å²) in [6, 6.07) is 19.9. The van der Waals surface area contributed by atoms with E-state index < -0.39 is 0 Å². The molecule has 5 aromatic rings. The number of methoxy groups -OCH3 is 1. The summed E-state index contributed by atoms with van der Waals surface area (Å²) in [5, 5.41) is 0.867. The number of benzene rings is 2. The number of pyridine rings is 1. The van der Waals surface area contributed by atoms with Gasteiger partial charge in [0.25, 0.3) is 0 Å². The van der Waals surface area contributed by atoms with Crippen LogP contribution in [-0.4, -0.2) is 17.1 Å². The monoisotopic (exact) mass is 400 g/mol. The molecule has 2 aromatic carbocycles. The number of hydrogen-bond acceptors (Lipinski definition) is 6. The Bertz CT molecular complexity index is 1400. The Kier molecular flexibility index (Phi) is 4.14. The molecule has 0 aliphatic carbocycles. The lowest BCUT2D eigenvalue weighted by atomic mass is 10.00. The van der Waals surface area contributed by atoms with Crippen molar-refractivity contribution in [2.75, 3.05) is 7.11 Å². The van der Waals surface area contributed by atoms with Crippen LogP contribution < -0.4 is 10.4 Å². The molecule has 0 fully saturated rings. The number of aromatic nitrogens is 2. The predicted octanol–water partition coefficient (Wildman–Crippen LogP) is 5.45. The molecular formula is C23H16N2O3S. The van der Waals surface area contributed by atoms with Gasteiger partial charge in [0, 0.05) is 17.9 Å². The molecule has 0 spiro atoms. The smallest absolute Gasteiger partial charge is 0.357 e. The lowest BCUT2D eigenvalue weighted by Gasteiger charge is -2.09. The first kappa shape index (κ1) is 17.6. The van der Waals surface area contributed by atoms with Gasteiger partial charge in [-0.15, -0.1) is 11.3 Å². The third kappa shape index (κ3) is 2.98. The summed E-state index contributed by atoms with van der Waals surface area (Å²) in [4.78, 5) is 22.5. The van der Waals surface area contributed by atoms with Crippen molar-refractivity contribution in [2.24, 2.45) is 0 Å². The van der Waals surface area contributed by atoms with Crippen molar-refractivity contribution in [3.05, 3.63) is 77.0 Å². The Morgan fingerprint density at radius 1 is 0.966 bits per heavy atom. The summed E-state index contributed by atoms with van der Waals surface area (Å²) in [7, 11) is 1.64. The molecule has 0 atom stereocenters. The van der Waals surface area contributed by atoms with Gasteiger partial charge in [-0.2, -0.15) is 0 Å². The maximum Gasteiger partial charge on any atom is 0.357 e. The van der Waals surface area contributed by atoms with E-state index in [9.17, 15) is 4.79 Å². The molecule has 142 valence electrons. The van der Waals surface area contributed by atoms with Crippen LogP contribution >= 0.6 is 11.3 Å². The van der Waals surface area contributed by atoms with E-state index in [0.29, 0.717) is 16.1 Å². The summed E-state index contributed by atoms with van der Waals surface area (Å²) in [6.07, 6.45) is 0. The topological polar surface area (TPSA) is 65.2 Å². The molecule has 5 nitrogen and oxygen atoms in total. The van der Waals surface area contributed by atoms with E-state index in [-0.39, 0.29) is 5.63 Å². The van der Waals surface area contributed by atoms with Crippen molar-refractivity contribution in [1.82, 2.24) is 9.97 Å². The van der Waals surface area contributed by atoms with E-state index in [1.807, 2.05) is 54.6 Å². The van der Waals surface area contributed by atoms with E-state index in [4.69, 9.17) is 14.1 Å². The van der Waals surface area contributed by atoms with Gasteiger partial charge in [-0.05, 0) is 29.3 Å². The SMILES string of the molecule is COc1ccc(-c2cc(-c3ccccc3)nc3sc4c(=O)oc(C)nc4c23)cc1. The Morgan fingerprint density at radius 3 is 2.45 bits per heavy atom. The first-order chi connectivity index (χ1) is 14.1. The van der Waals surface area contributed by atoms with Crippen molar-refractivity contribution in [3.63, 3.8) is 0 Å². The van der Waals surface area contributed by atoms with Gasteiger partial charge in [-0.3, -0.25) is 0 Å². The highest BCUT2D eigenvalue weighted by Gasteiger charge is 2.19. The zero-order valence-corrected chi connectivity index (χ0v) is 16.6. The molecule has 0 bridgehead atoms. The maximum atomic E-state index is 12.4. The van der Waals surface area contributed by atoms with Crippen molar-refractivity contribution in [2.45, 2.75) is 6.92 Å². The molecule has 0 unspecified atom stereocenters. The number of aryl methyl sites for hydroxylation is 1. The average molecular weight is 400 g/mol. The third-order valence-corrected chi connectivity index (χ3v) is 5.86. The second kappa shape index (κ2) is 6.83. The van der Waals surface area contributed by atoms with Gasteiger partial charge in [0.15, 0.2) is 5.89 Å². The molecule has 0 saturated carbocycles. The highest BCUT2D eigenvalue weighted by atomic mass is 32.1. The fourth-order valence-electron chi connectivity index (χ4n) is 3.44. The number of thiophene rings is 1. The van der Waals surface area contributed by atoms with Gasteiger partial charge in [0.05, 0.1) is 12.8 Å². The zero-order chi connectivity index (χ0) is 20.0. The molecule has 29 heavy (non-hydrogen) atoms. The average Bonchev–Trinajstić information content (AvgIpc) is 3.13. The molecule has 0 amide bonds. The summed E-state index contributed by atoms with van der Waals surface area (Å²) >= 11 is 1.32. The maximum absolute atomic E-state index is 12.4. The Morgan fingerprint density at radius 2 is 1.72 bits per heavy atom. The van der Waals surface area contributed by atoms with Crippen LogP contribution in [-0.2, 0) is 0 Å². The van der Waals surface area contributed by atoms with Crippen LogP contribution in [0.2, 0.25) is 0 Å². The molecule has 0 saturated heterocycles. The van der Waals surface area contributed by atoms with Gasteiger partial charge in [-0.1, -0.05) is 42.5 Å². The minimum absolute atomic E-state index is 0.343. The molecule has 6 heteroatoms. The van der Waals surface area contributed by atoms with Crippen LogP contribution in [0.3, 0.4) is 0 Å². The predicted molar refractivity (Wildman–Crippen MR) is 116 cm³/mol. The van der Waals surface area contributed by atoms with Gasteiger partial charge in [-0.25, -0.2) is 14.8 Å². The van der Waals surface area contributed by atoms with E-state index in [0.717, 1.165) is 38.4 Å². The first-order valence-electron chi connectivity index (χ1n) is 9.09. The largest absolute Gasteiger partial charge is 0.497 e. The minimum Gasteiger partial charge on any atom is -0.497 e. The van der Waals surface area contributed by atoms with Gasteiger partial charge in [0.2, 0.25) is 0 Å². The normalized spacial score (nSPS) is 11.2. The van der Waals surface area contributed by atoms with Crippen LogP contribution in [0.4, 0.5) is 0 Å². The van der Waals surface area contributed by atoms with Crippen molar-refractivity contribution in [3.8, 4) is 28.1 Å². The van der Waals surface area contributed by atoms with Crippen LogP contribution in [0, 0.1) is 6.92 Å². The van der Waals surface area contributed by atoms with Crippen LogP contribution in [0.15, 0.2) is 69.9 Å². The number of rotatable bonds is 3. The highest BCUT2D eigenvalue weighted by molar-refractivity contribution is 7.25. The molecule has 0 aliphatic heterocycles. The summed E-state index contributed by atoms with van der Waals surface area (Å²) in [5.41, 5.74) is 4.09. The minimum atomic E-state index is -0.377. The van der Waals surface area contributed by atoms with Crippen LogP contribution in [0.25, 0.3) is 42.8 Å². The third-order valence-electron chi connectivity index (χ3n) is 4.80. The van der Waals surface area contributed by atoms with Crippen molar-refractivity contribution in [1.29, 1.82) is 0 Å². The quantitative estimate of drug-likeness (QED) is 0.403. The molecule has 0 radical (unpaired) electrons. The molecule has 3 aromatic heterocycles. The lowest BCUT2D eigenvalue weighted by molar-refractivity contribution is 0.415. The second-order valence-electron chi connectivity index (χ2n) is 6.63. The zero-order valence-electron chi connectivity index (χ0n) is 15.8. The molecular weight excluding hydrogens is 384 g/mol. The van der Waals surface area contributed by atoms with E-state index >= 15 is 0 Å². The van der Waals surface area contributed by atoms with E-state index in [1.165, 1.54) is 11.3 Å². The van der Waals surface area contributed by atoms with Gasteiger partial charge < -0.3 is 9.15 Å². The fraction of sp³-hybridized carbons (Fsp3) is 0.0870. The number of nitrogens with zero attached hydrogens (tertiary/aromatic N) is 2. The van der Waals surface area contributed by atoms with E-state index in [2.05, 4.69) is 11.1 Å². The fourth-order valence-corrected chi connectivity index (χ4v) is 4.46. The number of fused-ring (bicyclic) bond motifs is 3.